The fraction of sp³-hybridized carbons (Fsp3) is 0.250. The summed E-state index contributed by atoms with van der Waals surface area (Å²) in [6.07, 6.45) is -0.244. The van der Waals surface area contributed by atoms with Crippen LogP contribution in [0.2, 0.25) is 0 Å². The summed E-state index contributed by atoms with van der Waals surface area (Å²) in [6.45, 7) is 0.248. The molecule has 0 amide bonds. The number of hydrogen-bond donors (Lipinski definition) is 2. The van der Waals surface area contributed by atoms with Gasteiger partial charge in [0.05, 0.1) is 29.6 Å². The van der Waals surface area contributed by atoms with E-state index in [1.165, 1.54) is 29.5 Å². The van der Waals surface area contributed by atoms with E-state index in [-0.39, 0.29) is 23.8 Å². The molecule has 0 aliphatic carbocycles. The maximum atomic E-state index is 12.8. The highest BCUT2D eigenvalue weighted by Gasteiger charge is 2.46. The van der Waals surface area contributed by atoms with Gasteiger partial charge in [0, 0.05) is 22.4 Å². The van der Waals surface area contributed by atoms with Gasteiger partial charge in [-0.05, 0) is 24.1 Å². The van der Waals surface area contributed by atoms with E-state index in [1.807, 2.05) is 5.38 Å². The largest absolute Gasteiger partial charge is 0.516 e. The van der Waals surface area contributed by atoms with Gasteiger partial charge < -0.3 is 9.84 Å². The van der Waals surface area contributed by atoms with Gasteiger partial charge in [0.1, 0.15) is 5.75 Å². The van der Waals surface area contributed by atoms with Crippen LogP contribution in [0, 0.1) is 5.92 Å². The van der Waals surface area contributed by atoms with Crippen LogP contribution in [0.25, 0.3) is 11.1 Å². The molecular weight excluding hydrogens is 453 g/mol. The highest BCUT2D eigenvalue weighted by Crippen LogP contribution is 2.41. The molecule has 0 spiro atoms. The van der Waals surface area contributed by atoms with Crippen molar-refractivity contribution in [2.45, 2.75) is 18.0 Å². The summed E-state index contributed by atoms with van der Waals surface area (Å²) < 4.78 is 68.9. The van der Waals surface area contributed by atoms with Crippen LogP contribution in [0.4, 0.5) is 18.9 Å². The molecule has 2 heterocycles. The number of ether oxygens (including phenoxy) is 1. The van der Waals surface area contributed by atoms with Crippen molar-refractivity contribution in [1.29, 1.82) is 0 Å². The second-order valence-electron chi connectivity index (χ2n) is 7.05. The van der Waals surface area contributed by atoms with Crippen molar-refractivity contribution in [3.8, 4) is 16.9 Å². The Hall–Kier alpha value is -2.63. The molecule has 4 rings (SSSR count). The molecule has 2 aromatic carbocycles. The summed E-state index contributed by atoms with van der Waals surface area (Å²) in [5, 5.41) is 12.7. The number of nitrogens with zero attached hydrogens (tertiary/aromatic N) is 1. The summed E-state index contributed by atoms with van der Waals surface area (Å²) in [4.78, 5) is 4.23. The molecule has 31 heavy (non-hydrogen) atoms. The number of rotatable bonds is 5. The Morgan fingerprint density at radius 2 is 2.00 bits per heavy atom. The smallest absolute Gasteiger partial charge is 0.493 e. The maximum absolute atomic E-state index is 12.8. The fourth-order valence-corrected chi connectivity index (χ4v) is 4.57. The van der Waals surface area contributed by atoms with Gasteiger partial charge in [-0.2, -0.15) is 21.6 Å². The normalized spacial score (nSPS) is 18.8. The third-order valence-corrected chi connectivity index (χ3v) is 6.71. The summed E-state index contributed by atoms with van der Waals surface area (Å²) in [5.74, 6) is 0.208. The zero-order chi connectivity index (χ0) is 22.2. The van der Waals surface area contributed by atoms with E-state index < -0.39 is 21.6 Å². The topological polar surface area (TPSA) is 88.5 Å². The van der Waals surface area contributed by atoms with Crippen molar-refractivity contribution in [3.05, 3.63) is 64.6 Å². The molecule has 1 aliphatic rings. The van der Waals surface area contributed by atoms with Gasteiger partial charge in [-0.15, -0.1) is 11.3 Å². The summed E-state index contributed by atoms with van der Waals surface area (Å²) >= 11 is 1.47. The molecule has 164 valence electrons. The number of aromatic nitrogens is 1. The van der Waals surface area contributed by atoms with E-state index in [0.717, 1.165) is 5.69 Å². The number of thiazole rings is 1. The molecule has 2 atom stereocenters. The van der Waals surface area contributed by atoms with Crippen LogP contribution in [0.5, 0.6) is 5.75 Å². The fourth-order valence-electron chi connectivity index (χ4n) is 3.42. The van der Waals surface area contributed by atoms with Crippen LogP contribution < -0.4 is 9.46 Å². The van der Waals surface area contributed by atoms with E-state index in [4.69, 9.17) is 4.74 Å². The number of aliphatic hydroxyl groups is 1. The lowest BCUT2D eigenvalue weighted by molar-refractivity contribution is -0.0429. The number of fused-ring (bicyclic) bond motifs is 1. The molecule has 0 saturated carbocycles. The van der Waals surface area contributed by atoms with Crippen LogP contribution in [0.1, 0.15) is 17.4 Å². The van der Waals surface area contributed by atoms with Crippen LogP contribution in [-0.4, -0.2) is 30.6 Å². The Morgan fingerprint density at radius 3 is 2.71 bits per heavy atom. The molecule has 0 radical (unpaired) electrons. The number of anilines is 1. The summed E-state index contributed by atoms with van der Waals surface area (Å²) in [5.41, 5.74) is -1.80. The van der Waals surface area contributed by atoms with Crippen molar-refractivity contribution < 1.29 is 31.4 Å². The van der Waals surface area contributed by atoms with Crippen LogP contribution in [-0.2, 0) is 16.4 Å². The van der Waals surface area contributed by atoms with Gasteiger partial charge in [-0.25, -0.2) is 4.98 Å². The summed E-state index contributed by atoms with van der Waals surface area (Å²) in [6, 6.07) is 10.6. The minimum atomic E-state index is -5.57. The molecule has 0 fully saturated rings. The van der Waals surface area contributed by atoms with Gasteiger partial charge in [-0.1, -0.05) is 30.3 Å². The van der Waals surface area contributed by atoms with Gasteiger partial charge >= 0.3 is 15.5 Å². The van der Waals surface area contributed by atoms with Crippen molar-refractivity contribution in [2.75, 3.05) is 11.3 Å². The first-order valence-electron chi connectivity index (χ1n) is 9.16. The Morgan fingerprint density at radius 1 is 1.23 bits per heavy atom. The molecule has 1 aromatic heterocycles. The lowest BCUT2D eigenvalue weighted by Crippen LogP contribution is -2.30. The van der Waals surface area contributed by atoms with Crippen molar-refractivity contribution in [3.63, 3.8) is 0 Å². The average Bonchev–Trinajstić information content (AvgIpc) is 3.22. The average molecular weight is 470 g/mol. The Labute approximate surface area is 180 Å². The molecule has 1 aliphatic heterocycles. The number of benzene rings is 2. The third-order valence-electron chi connectivity index (χ3n) is 4.97. The van der Waals surface area contributed by atoms with E-state index in [2.05, 4.69) is 4.98 Å². The minimum Gasteiger partial charge on any atom is -0.493 e. The quantitative estimate of drug-likeness (QED) is 0.579. The van der Waals surface area contributed by atoms with Crippen molar-refractivity contribution in [2.24, 2.45) is 5.92 Å². The number of sulfonamides is 1. The van der Waals surface area contributed by atoms with Crippen LogP contribution >= 0.6 is 11.3 Å². The zero-order valence-corrected chi connectivity index (χ0v) is 17.5. The summed E-state index contributed by atoms with van der Waals surface area (Å²) in [7, 11) is -5.57. The zero-order valence-electron chi connectivity index (χ0n) is 15.8. The number of halogens is 3. The molecule has 3 aromatic rings. The van der Waals surface area contributed by atoms with E-state index >= 15 is 0 Å². The van der Waals surface area contributed by atoms with Crippen molar-refractivity contribution >= 4 is 27.0 Å². The van der Waals surface area contributed by atoms with Gasteiger partial charge in [-0.3, -0.25) is 4.72 Å². The van der Waals surface area contributed by atoms with Crippen LogP contribution in [0.15, 0.2) is 53.4 Å². The standard InChI is InChI=1S/C20H17F3N2O4S2/c21-20(22,23)31(27,28)25-17-4-2-1-3-15(17)12-5-6-16-18(8-12)29-9-13(19(16)26)7-14-10-30-11-24-14/h1-6,8,10-11,13,19,25-26H,7,9H2/t13-,19+/m0/s1. The first-order chi connectivity index (χ1) is 14.7. The predicted molar refractivity (Wildman–Crippen MR) is 110 cm³/mol. The molecule has 11 heteroatoms. The van der Waals surface area contributed by atoms with E-state index in [1.54, 1.807) is 34.5 Å². The monoisotopic (exact) mass is 470 g/mol. The van der Waals surface area contributed by atoms with Gasteiger partial charge in [0.2, 0.25) is 0 Å². The molecule has 0 unspecified atom stereocenters. The second-order valence-corrected chi connectivity index (χ2v) is 9.44. The lowest BCUT2D eigenvalue weighted by atomic mass is 9.88. The first kappa shape index (κ1) is 21.6. The highest BCUT2D eigenvalue weighted by molar-refractivity contribution is 7.93. The number of para-hydroxylation sites is 1. The lowest BCUT2D eigenvalue weighted by Gasteiger charge is -2.30. The molecular formula is C20H17F3N2O4S2. The predicted octanol–water partition coefficient (Wildman–Crippen LogP) is 4.36. The highest BCUT2D eigenvalue weighted by atomic mass is 32.2. The number of aliphatic hydroxyl groups excluding tert-OH is 1. The first-order valence-corrected chi connectivity index (χ1v) is 11.6. The number of nitrogens with one attached hydrogen (secondary N) is 1. The number of hydrogen-bond acceptors (Lipinski definition) is 6. The second kappa shape index (κ2) is 8.13. The molecule has 0 bridgehead atoms. The molecule has 2 N–H and O–H groups in total. The van der Waals surface area contributed by atoms with E-state index in [9.17, 15) is 26.7 Å². The van der Waals surface area contributed by atoms with Gasteiger partial charge in [0.15, 0.2) is 0 Å². The van der Waals surface area contributed by atoms with E-state index in [0.29, 0.717) is 23.3 Å². The van der Waals surface area contributed by atoms with Crippen LogP contribution in [0.3, 0.4) is 0 Å². The molecule has 6 nitrogen and oxygen atoms in total. The minimum absolute atomic E-state index is 0.189. The Balaban J connectivity index is 1.62. The Bertz CT molecular complexity index is 1180. The van der Waals surface area contributed by atoms with Crippen molar-refractivity contribution in [1.82, 2.24) is 4.98 Å². The maximum Gasteiger partial charge on any atom is 0.516 e. The number of alkyl halides is 3. The van der Waals surface area contributed by atoms with Gasteiger partial charge in [0.25, 0.3) is 0 Å². The third kappa shape index (κ3) is 4.39. The molecule has 0 saturated heterocycles. The SMILES string of the molecule is O=S(=O)(Nc1ccccc1-c1ccc2c(c1)OC[C@H](Cc1cscn1)[C@H]2O)C(F)(F)F. The Kier molecular flexibility index (Phi) is 5.67.